The summed E-state index contributed by atoms with van der Waals surface area (Å²) < 4.78 is 2.19. The van der Waals surface area contributed by atoms with Crippen LogP contribution in [0.25, 0.3) is 22.2 Å². The summed E-state index contributed by atoms with van der Waals surface area (Å²) in [7, 11) is 0. The summed E-state index contributed by atoms with van der Waals surface area (Å²) in [6.45, 7) is 0.835. The topological polar surface area (TPSA) is 17.8 Å². The number of hydrogen-bond acceptors (Lipinski definition) is 1. The fraction of sp³-hybridized carbons (Fsp3) is 0.0500. The number of hydrogen-bond donors (Lipinski definition) is 0. The molecule has 0 saturated heterocycles. The Balaban J connectivity index is 1.69. The minimum Gasteiger partial charge on any atom is -0.326 e. The molecule has 0 bridgehead atoms. The van der Waals surface area contributed by atoms with E-state index >= 15 is 0 Å². The van der Waals surface area contributed by atoms with Gasteiger partial charge in [-0.05, 0) is 34.9 Å². The lowest BCUT2D eigenvalue weighted by molar-refractivity contribution is 0.825. The molecule has 0 aliphatic carbocycles. The molecule has 0 unspecified atom stereocenters. The number of aromatic nitrogens is 2. The van der Waals surface area contributed by atoms with Crippen molar-refractivity contribution in [3.63, 3.8) is 0 Å². The van der Waals surface area contributed by atoms with E-state index < -0.39 is 0 Å². The van der Waals surface area contributed by atoms with Gasteiger partial charge in [0.05, 0.1) is 17.4 Å². The molecule has 4 aromatic rings. The Bertz CT molecular complexity index is 907. The summed E-state index contributed by atoms with van der Waals surface area (Å²) in [5, 5.41) is 0. The van der Waals surface area contributed by atoms with Gasteiger partial charge in [-0.3, -0.25) is 0 Å². The van der Waals surface area contributed by atoms with Gasteiger partial charge in [0.25, 0.3) is 0 Å². The maximum absolute atomic E-state index is 4.46. The fourth-order valence-corrected chi connectivity index (χ4v) is 2.81. The van der Waals surface area contributed by atoms with Crippen LogP contribution in [0.4, 0.5) is 0 Å². The van der Waals surface area contributed by atoms with Crippen LogP contribution in [-0.4, -0.2) is 9.55 Å². The molecule has 1 heterocycles. The second kappa shape index (κ2) is 5.49. The van der Waals surface area contributed by atoms with Crippen molar-refractivity contribution >= 4 is 11.0 Å². The van der Waals surface area contributed by atoms with Crippen molar-refractivity contribution in [1.82, 2.24) is 9.55 Å². The molecule has 0 N–H and O–H groups in total. The number of imidazole rings is 1. The molecule has 3 aromatic carbocycles. The van der Waals surface area contributed by atoms with Crippen molar-refractivity contribution in [2.75, 3.05) is 0 Å². The maximum atomic E-state index is 4.46. The largest absolute Gasteiger partial charge is 0.326 e. The first-order valence-electron chi connectivity index (χ1n) is 7.44. The van der Waals surface area contributed by atoms with Crippen LogP contribution in [0.15, 0.2) is 85.2 Å². The molecule has 0 amide bonds. The third-order valence-electron chi connectivity index (χ3n) is 3.91. The zero-order valence-electron chi connectivity index (χ0n) is 12.2. The van der Waals surface area contributed by atoms with E-state index in [1.807, 2.05) is 24.5 Å². The SMILES string of the molecule is c1ccc(-c2cccc(Cn3cnc4ccccc43)c2)cc1. The summed E-state index contributed by atoms with van der Waals surface area (Å²) in [5.74, 6) is 0. The fourth-order valence-electron chi connectivity index (χ4n) is 2.81. The Hall–Kier alpha value is -2.87. The Morgan fingerprint density at radius 3 is 2.41 bits per heavy atom. The third-order valence-corrected chi connectivity index (χ3v) is 3.91. The second-order valence-corrected chi connectivity index (χ2v) is 5.43. The smallest absolute Gasteiger partial charge is 0.0961 e. The molecule has 0 fully saturated rings. The molecule has 0 atom stereocenters. The first kappa shape index (κ1) is 12.8. The molecular formula is C20H16N2. The van der Waals surface area contributed by atoms with Gasteiger partial charge >= 0.3 is 0 Å². The molecule has 2 heteroatoms. The van der Waals surface area contributed by atoms with Gasteiger partial charge < -0.3 is 4.57 Å². The van der Waals surface area contributed by atoms with Crippen molar-refractivity contribution in [2.24, 2.45) is 0 Å². The number of fused-ring (bicyclic) bond motifs is 1. The van der Waals surface area contributed by atoms with E-state index in [2.05, 4.69) is 70.2 Å². The Labute approximate surface area is 129 Å². The van der Waals surface area contributed by atoms with Crippen LogP contribution in [0, 0.1) is 0 Å². The van der Waals surface area contributed by atoms with E-state index in [1.165, 1.54) is 22.2 Å². The lowest BCUT2D eigenvalue weighted by Crippen LogP contribution is -1.97. The van der Waals surface area contributed by atoms with Gasteiger partial charge in [-0.2, -0.15) is 0 Å². The van der Waals surface area contributed by atoms with Crippen molar-refractivity contribution in [3.8, 4) is 11.1 Å². The Morgan fingerprint density at radius 2 is 1.50 bits per heavy atom. The predicted octanol–water partition coefficient (Wildman–Crippen LogP) is 4.75. The molecule has 106 valence electrons. The van der Waals surface area contributed by atoms with Gasteiger partial charge in [0.15, 0.2) is 0 Å². The lowest BCUT2D eigenvalue weighted by Gasteiger charge is -2.07. The first-order valence-corrected chi connectivity index (χ1v) is 7.44. The van der Waals surface area contributed by atoms with Crippen LogP contribution in [-0.2, 0) is 6.54 Å². The van der Waals surface area contributed by atoms with E-state index in [0.29, 0.717) is 0 Å². The molecule has 22 heavy (non-hydrogen) atoms. The molecule has 0 spiro atoms. The highest BCUT2D eigenvalue weighted by Crippen LogP contribution is 2.21. The monoisotopic (exact) mass is 284 g/mol. The van der Waals surface area contributed by atoms with Crippen molar-refractivity contribution in [1.29, 1.82) is 0 Å². The minimum atomic E-state index is 0.835. The van der Waals surface area contributed by atoms with Crippen LogP contribution in [0.3, 0.4) is 0 Å². The number of benzene rings is 3. The molecule has 4 rings (SSSR count). The molecule has 0 saturated carbocycles. The number of para-hydroxylation sites is 2. The highest BCUT2D eigenvalue weighted by Gasteiger charge is 2.03. The average Bonchev–Trinajstić information content (AvgIpc) is 2.99. The van der Waals surface area contributed by atoms with Crippen LogP contribution < -0.4 is 0 Å². The Kier molecular flexibility index (Phi) is 3.20. The third kappa shape index (κ3) is 2.40. The standard InChI is InChI=1S/C20H16N2/c1-2-8-17(9-3-1)18-10-6-7-16(13-18)14-22-15-21-19-11-4-5-12-20(19)22/h1-13,15H,14H2. The molecule has 0 radical (unpaired) electrons. The van der Waals surface area contributed by atoms with Gasteiger partial charge in [-0.15, -0.1) is 0 Å². The first-order chi connectivity index (χ1) is 10.9. The van der Waals surface area contributed by atoms with E-state index in [4.69, 9.17) is 0 Å². The van der Waals surface area contributed by atoms with Crippen LogP contribution in [0.2, 0.25) is 0 Å². The summed E-state index contributed by atoms with van der Waals surface area (Å²) in [6.07, 6.45) is 1.92. The summed E-state index contributed by atoms with van der Waals surface area (Å²) in [6, 6.07) is 27.4. The maximum Gasteiger partial charge on any atom is 0.0961 e. The average molecular weight is 284 g/mol. The second-order valence-electron chi connectivity index (χ2n) is 5.43. The van der Waals surface area contributed by atoms with Crippen molar-refractivity contribution in [3.05, 3.63) is 90.8 Å². The van der Waals surface area contributed by atoms with Gasteiger partial charge in [-0.1, -0.05) is 60.7 Å². The van der Waals surface area contributed by atoms with Gasteiger partial charge in [0.1, 0.15) is 0 Å². The van der Waals surface area contributed by atoms with Gasteiger partial charge in [0, 0.05) is 6.54 Å². The highest BCUT2D eigenvalue weighted by atomic mass is 15.0. The van der Waals surface area contributed by atoms with Gasteiger partial charge in [-0.25, -0.2) is 4.98 Å². The summed E-state index contributed by atoms with van der Waals surface area (Å²) in [4.78, 5) is 4.46. The predicted molar refractivity (Wildman–Crippen MR) is 90.7 cm³/mol. The highest BCUT2D eigenvalue weighted by molar-refractivity contribution is 5.75. The van der Waals surface area contributed by atoms with Crippen LogP contribution in [0.5, 0.6) is 0 Å². The zero-order chi connectivity index (χ0) is 14.8. The molecule has 1 aromatic heterocycles. The normalized spacial score (nSPS) is 10.9. The molecular weight excluding hydrogens is 268 g/mol. The van der Waals surface area contributed by atoms with Crippen molar-refractivity contribution < 1.29 is 0 Å². The van der Waals surface area contributed by atoms with Crippen LogP contribution in [0.1, 0.15) is 5.56 Å². The lowest BCUT2D eigenvalue weighted by atomic mass is 10.0. The molecule has 0 aliphatic rings. The number of rotatable bonds is 3. The minimum absolute atomic E-state index is 0.835. The molecule has 0 aliphatic heterocycles. The van der Waals surface area contributed by atoms with Crippen LogP contribution >= 0.6 is 0 Å². The van der Waals surface area contributed by atoms with E-state index in [0.717, 1.165) is 12.1 Å². The quantitative estimate of drug-likeness (QED) is 0.531. The zero-order valence-corrected chi connectivity index (χ0v) is 12.2. The van der Waals surface area contributed by atoms with Gasteiger partial charge in [0.2, 0.25) is 0 Å². The van der Waals surface area contributed by atoms with E-state index in [9.17, 15) is 0 Å². The number of nitrogens with zero attached hydrogens (tertiary/aromatic N) is 2. The Morgan fingerprint density at radius 1 is 0.727 bits per heavy atom. The van der Waals surface area contributed by atoms with Crippen molar-refractivity contribution in [2.45, 2.75) is 6.54 Å². The molecule has 2 nitrogen and oxygen atoms in total. The summed E-state index contributed by atoms with van der Waals surface area (Å²) in [5.41, 5.74) is 6.00. The van der Waals surface area contributed by atoms with E-state index in [1.54, 1.807) is 0 Å². The van der Waals surface area contributed by atoms with E-state index in [-0.39, 0.29) is 0 Å². The summed E-state index contributed by atoms with van der Waals surface area (Å²) >= 11 is 0.